The maximum absolute atomic E-state index is 11.1. The highest BCUT2D eigenvalue weighted by Crippen LogP contribution is 2.37. The van der Waals surface area contributed by atoms with E-state index in [-0.39, 0.29) is 0 Å². The van der Waals surface area contributed by atoms with Crippen molar-refractivity contribution in [1.82, 2.24) is 0 Å². The number of halogens is 1. The lowest BCUT2D eigenvalue weighted by Crippen LogP contribution is -1.95. The van der Waals surface area contributed by atoms with Gasteiger partial charge < -0.3 is 4.74 Å². The third kappa shape index (κ3) is 2.49. The van der Waals surface area contributed by atoms with Crippen molar-refractivity contribution in [1.29, 1.82) is 0 Å². The minimum Gasteiger partial charge on any atom is -0.496 e. The van der Waals surface area contributed by atoms with Gasteiger partial charge in [-0.2, -0.15) is 0 Å². The summed E-state index contributed by atoms with van der Waals surface area (Å²) in [6.07, 6.45) is 0.763. The molecule has 2 rings (SSSR count). The van der Waals surface area contributed by atoms with Crippen molar-refractivity contribution >= 4 is 17.9 Å². The summed E-state index contributed by atoms with van der Waals surface area (Å²) >= 11 is 6.04. The summed E-state index contributed by atoms with van der Waals surface area (Å²) in [6, 6.07) is 9.56. The van der Waals surface area contributed by atoms with Crippen LogP contribution in [0.3, 0.4) is 0 Å². The molecule has 98 valence electrons. The number of hydrogen-bond acceptors (Lipinski definition) is 2. The number of benzene rings is 2. The fourth-order valence-corrected chi connectivity index (χ4v) is 2.46. The molecule has 0 amide bonds. The number of aldehydes is 1. The second-order valence-electron chi connectivity index (χ2n) is 4.46. The smallest absolute Gasteiger partial charge is 0.151 e. The maximum Gasteiger partial charge on any atom is 0.151 e. The number of aryl methyl sites for hydroxylation is 2. The van der Waals surface area contributed by atoms with Gasteiger partial charge in [0.15, 0.2) is 6.29 Å². The van der Waals surface area contributed by atoms with Gasteiger partial charge >= 0.3 is 0 Å². The molecular formula is C16H15ClO2. The highest BCUT2D eigenvalue weighted by atomic mass is 35.5. The standard InChI is InChI=1S/C16H15ClO2/c1-10-5-4-6-11(2)16(10)13-7-12(9-18)14(17)8-15(13)19-3/h4-9H,1-3H3. The van der Waals surface area contributed by atoms with E-state index in [4.69, 9.17) is 16.3 Å². The molecule has 0 unspecified atom stereocenters. The molecule has 0 aliphatic rings. The molecule has 0 N–H and O–H groups in total. The molecule has 0 heterocycles. The van der Waals surface area contributed by atoms with Gasteiger partial charge in [0, 0.05) is 17.2 Å². The monoisotopic (exact) mass is 274 g/mol. The highest BCUT2D eigenvalue weighted by Gasteiger charge is 2.14. The van der Waals surface area contributed by atoms with Crippen LogP contribution in [-0.2, 0) is 0 Å². The molecular weight excluding hydrogens is 260 g/mol. The largest absolute Gasteiger partial charge is 0.496 e. The lowest BCUT2D eigenvalue weighted by molar-refractivity contribution is 0.112. The third-order valence-corrected chi connectivity index (χ3v) is 3.52. The zero-order chi connectivity index (χ0) is 14.0. The van der Waals surface area contributed by atoms with Crippen LogP contribution < -0.4 is 4.74 Å². The van der Waals surface area contributed by atoms with Crippen LogP contribution in [0.4, 0.5) is 0 Å². The summed E-state index contributed by atoms with van der Waals surface area (Å²) < 4.78 is 5.39. The zero-order valence-electron chi connectivity index (χ0n) is 11.2. The Morgan fingerprint density at radius 2 is 1.79 bits per heavy atom. The van der Waals surface area contributed by atoms with Gasteiger partial charge in [0.25, 0.3) is 0 Å². The van der Waals surface area contributed by atoms with E-state index < -0.39 is 0 Å². The van der Waals surface area contributed by atoms with Crippen molar-refractivity contribution in [3.05, 3.63) is 52.0 Å². The molecule has 0 saturated carbocycles. The van der Waals surface area contributed by atoms with Crippen LogP contribution in [-0.4, -0.2) is 13.4 Å². The molecule has 0 aromatic heterocycles. The quantitative estimate of drug-likeness (QED) is 0.773. The van der Waals surface area contributed by atoms with E-state index in [0.29, 0.717) is 16.3 Å². The third-order valence-electron chi connectivity index (χ3n) is 3.20. The van der Waals surface area contributed by atoms with E-state index >= 15 is 0 Å². The summed E-state index contributed by atoms with van der Waals surface area (Å²) in [5.74, 6) is 0.674. The van der Waals surface area contributed by atoms with Gasteiger partial charge in [0.2, 0.25) is 0 Å². The molecule has 0 atom stereocenters. The van der Waals surface area contributed by atoms with Gasteiger partial charge in [-0.25, -0.2) is 0 Å². The SMILES string of the molecule is COc1cc(Cl)c(C=O)cc1-c1c(C)cccc1C. The molecule has 0 aliphatic carbocycles. The highest BCUT2D eigenvalue weighted by molar-refractivity contribution is 6.33. The number of ether oxygens (including phenoxy) is 1. The predicted molar refractivity (Wildman–Crippen MR) is 78.3 cm³/mol. The number of carbonyl (C=O) groups is 1. The molecule has 19 heavy (non-hydrogen) atoms. The number of carbonyl (C=O) groups excluding carboxylic acids is 1. The van der Waals surface area contributed by atoms with E-state index in [2.05, 4.69) is 0 Å². The van der Waals surface area contributed by atoms with E-state index in [9.17, 15) is 4.79 Å². The van der Waals surface area contributed by atoms with Gasteiger partial charge in [-0.05, 0) is 36.6 Å². The van der Waals surface area contributed by atoms with Crippen LogP contribution in [0.25, 0.3) is 11.1 Å². The van der Waals surface area contributed by atoms with Crippen molar-refractivity contribution in [3.8, 4) is 16.9 Å². The van der Waals surface area contributed by atoms with E-state index in [0.717, 1.165) is 28.5 Å². The summed E-state index contributed by atoms with van der Waals surface area (Å²) in [5, 5.41) is 0.404. The Morgan fingerprint density at radius 1 is 1.16 bits per heavy atom. The summed E-state index contributed by atoms with van der Waals surface area (Å²) in [6.45, 7) is 4.08. The first-order valence-electron chi connectivity index (χ1n) is 5.97. The van der Waals surface area contributed by atoms with Crippen molar-refractivity contribution in [2.45, 2.75) is 13.8 Å². The molecule has 0 bridgehead atoms. The van der Waals surface area contributed by atoms with Crippen LogP contribution >= 0.6 is 11.6 Å². The molecule has 0 fully saturated rings. The Labute approximate surface area is 118 Å². The molecule has 0 spiro atoms. The average Bonchev–Trinajstić information content (AvgIpc) is 2.39. The Balaban J connectivity index is 2.77. The van der Waals surface area contributed by atoms with Crippen LogP contribution in [0.15, 0.2) is 30.3 Å². The van der Waals surface area contributed by atoms with Crippen molar-refractivity contribution in [2.75, 3.05) is 7.11 Å². The Bertz CT molecular complexity index is 613. The predicted octanol–water partition coefficient (Wildman–Crippen LogP) is 4.44. The van der Waals surface area contributed by atoms with Gasteiger partial charge in [-0.1, -0.05) is 29.8 Å². The lowest BCUT2D eigenvalue weighted by atomic mass is 9.94. The van der Waals surface area contributed by atoms with Gasteiger partial charge in [0.1, 0.15) is 5.75 Å². The number of hydrogen-bond donors (Lipinski definition) is 0. The molecule has 0 radical (unpaired) electrons. The van der Waals surface area contributed by atoms with Crippen LogP contribution in [0.5, 0.6) is 5.75 Å². The molecule has 2 aromatic carbocycles. The first kappa shape index (κ1) is 13.6. The first-order valence-corrected chi connectivity index (χ1v) is 6.35. The van der Waals surface area contributed by atoms with E-state index in [1.54, 1.807) is 19.2 Å². The minimum atomic E-state index is 0.404. The molecule has 2 aromatic rings. The van der Waals surface area contributed by atoms with E-state index in [1.165, 1.54) is 0 Å². The minimum absolute atomic E-state index is 0.404. The van der Waals surface area contributed by atoms with E-state index in [1.807, 2.05) is 32.0 Å². The summed E-state index contributed by atoms with van der Waals surface area (Å²) in [5.41, 5.74) is 4.72. The van der Waals surface area contributed by atoms with Gasteiger partial charge in [0.05, 0.1) is 12.1 Å². The fraction of sp³-hybridized carbons (Fsp3) is 0.188. The van der Waals surface area contributed by atoms with Crippen LogP contribution in [0, 0.1) is 13.8 Å². The maximum atomic E-state index is 11.1. The number of rotatable bonds is 3. The molecule has 0 aliphatic heterocycles. The fourth-order valence-electron chi connectivity index (χ4n) is 2.27. The van der Waals surface area contributed by atoms with Crippen molar-refractivity contribution in [3.63, 3.8) is 0 Å². The topological polar surface area (TPSA) is 26.3 Å². The second kappa shape index (κ2) is 5.45. The normalized spacial score (nSPS) is 10.3. The number of methoxy groups -OCH3 is 1. The van der Waals surface area contributed by atoms with Gasteiger partial charge in [-0.3, -0.25) is 4.79 Å². The zero-order valence-corrected chi connectivity index (χ0v) is 11.9. The second-order valence-corrected chi connectivity index (χ2v) is 4.87. The van der Waals surface area contributed by atoms with Crippen molar-refractivity contribution < 1.29 is 9.53 Å². The Morgan fingerprint density at radius 3 is 2.32 bits per heavy atom. The first-order chi connectivity index (χ1) is 9.08. The van der Waals surface area contributed by atoms with Crippen LogP contribution in [0.2, 0.25) is 5.02 Å². The van der Waals surface area contributed by atoms with Crippen LogP contribution in [0.1, 0.15) is 21.5 Å². The Kier molecular flexibility index (Phi) is 3.91. The molecule has 2 nitrogen and oxygen atoms in total. The molecule has 0 saturated heterocycles. The van der Waals surface area contributed by atoms with Crippen molar-refractivity contribution in [2.24, 2.45) is 0 Å². The molecule has 3 heteroatoms. The lowest BCUT2D eigenvalue weighted by Gasteiger charge is -2.15. The summed E-state index contributed by atoms with van der Waals surface area (Å²) in [7, 11) is 1.60. The Hall–Kier alpha value is -1.80. The van der Waals surface area contributed by atoms with Gasteiger partial charge in [-0.15, -0.1) is 0 Å². The average molecular weight is 275 g/mol. The summed E-state index contributed by atoms with van der Waals surface area (Å²) in [4.78, 5) is 11.1.